The fourth-order valence-electron chi connectivity index (χ4n) is 0.910. The van der Waals surface area contributed by atoms with Crippen LogP contribution in [-0.4, -0.2) is 33.6 Å². The lowest BCUT2D eigenvalue weighted by atomic mass is 10.4. The summed E-state index contributed by atoms with van der Waals surface area (Å²) >= 11 is 0. The summed E-state index contributed by atoms with van der Waals surface area (Å²) in [6.45, 7) is 1.32. The monoisotopic (exact) mass is 232 g/mol. The maximum atomic E-state index is 12.5. The van der Waals surface area contributed by atoms with Crippen LogP contribution >= 0.6 is 0 Å². The number of hydrogen-bond donors (Lipinski definition) is 1. The molecule has 0 spiro atoms. The molecule has 1 rings (SSSR count). The van der Waals surface area contributed by atoms with E-state index in [1.54, 1.807) is 0 Å². The van der Waals surface area contributed by atoms with Crippen molar-refractivity contribution in [3.63, 3.8) is 0 Å². The van der Waals surface area contributed by atoms with Crippen LogP contribution in [0.15, 0.2) is 6.20 Å². The van der Waals surface area contributed by atoms with Gasteiger partial charge in [-0.25, -0.2) is 23.5 Å². The smallest absolute Gasteiger partial charge is 0.356 e. The third kappa shape index (κ3) is 3.41. The molecule has 0 aliphatic rings. The van der Waals surface area contributed by atoms with Gasteiger partial charge in [0.25, 0.3) is 5.92 Å². The third-order valence-corrected chi connectivity index (χ3v) is 1.58. The van der Waals surface area contributed by atoms with E-state index in [1.165, 1.54) is 6.92 Å². The minimum Gasteiger partial charge on any atom is -0.476 e. The van der Waals surface area contributed by atoms with Crippen molar-refractivity contribution < 1.29 is 23.4 Å². The summed E-state index contributed by atoms with van der Waals surface area (Å²) in [6.07, 6.45) is 0.957. The van der Waals surface area contributed by atoms with Gasteiger partial charge >= 0.3 is 5.97 Å². The number of carboxylic acid groups (broad SMARTS) is 1. The van der Waals surface area contributed by atoms with Gasteiger partial charge in [-0.05, 0) is 6.92 Å². The molecule has 5 nitrogen and oxygen atoms in total. The number of aryl methyl sites for hydroxylation is 1. The molecule has 1 aromatic heterocycles. The summed E-state index contributed by atoms with van der Waals surface area (Å²) in [6, 6.07) is 0. The first-order chi connectivity index (χ1) is 7.29. The lowest BCUT2D eigenvalue weighted by Gasteiger charge is -2.12. The van der Waals surface area contributed by atoms with Crippen LogP contribution in [0.4, 0.5) is 8.78 Å². The quantitative estimate of drug-likeness (QED) is 0.851. The highest BCUT2D eigenvalue weighted by molar-refractivity contribution is 5.84. The maximum Gasteiger partial charge on any atom is 0.356 e. The molecular formula is C9H10F2N2O3. The van der Waals surface area contributed by atoms with E-state index >= 15 is 0 Å². The molecule has 1 N–H and O–H groups in total. The van der Waals surface area contributed by atoms with Crippen LogP contribution in [-0.2, 0) is 0 Å². The molecule has 0 bridgehead atoms. The topological polar surface area (TPSA) is 72.3 Å². The predicted octanol–water partition coefficient (Wildman–Crippen LogP) is 1.52. The lowest BCUT2D eigenvalue weighted by Crippen LogP contribution is -2.22. The third-order valence-electron chi connectivity index (χ3n) is 1.58. The molecule has 0 aliphatic heterocycles. The van der Waals surface area contributed by atoms with Crippen molar-refractivity contribution >= 4 is 5.97 Å². The fraction of sp³-hybridized carbons (Fsp3) is 0.444. The number of nitrogens with zero attached hydrogens (tertiary/aromatic N) is 2. The van der Waals surface area contributed by atoms with Gasteiger partial charge in [-0.1, -0.05) is 0 Å². The van der Waals surface area contributed by atoms with Crippen molar-refractivity contribution in [3.8, 4) is 5.88 Å². The molecule has 16 heavy (non-hydrogen) atoms. The Balaban J connectivity index is 2.80. The summed E-state index contributed by atoms with van der Waals surface area (Å²) < 4.78 is 29.7. The molecule has 0 amide bonds. The first kappa shape index (κ1) is 12.3. The van der Waals surface area contributed by atoms with E-state index in [0.29, 0.717) is 6.92 Å². The van der Waals surface area contributed by atoms with Crippen LogP contribution in [0, 0.1) is 6.92 Å². The number of alkyl halides is 2. The molecule has 0 unspecified atom stereocenters. The molecule has 0 saturated carbocycles. The van der Waals surface area contributed by atoms with Crippen molar-refractivity contribution in [2.24, 2.45) is 0 Å². The first-order valence-corrected chi connectivity index (χ1v) is 4.37. The zero-order chi connectivity index (χ0) is 12.3. The zero-order valence-corrected chi connectivity index (χ0v) is 8.70. The van der Waals surface area contributed by atoms with E-state index in [2.05, 4.69) is 9.97 Å². The first-order valence-electron chi connectivity index (χ1n) is 4.37. The van der Waals surface area contributed by atoms with Crippen LogP contribution in [0.5, 0.6) is 5.88 Å². The van der Waals surface area contributed by atoms with Crippen LogP contribution in [0.2, 0.25) is 0 Å². The minimum absolute atomic E-state index is 0.0912. The van der Waals surface area contributed by atoms with Crippen LogP contribution in [0.1, 0.15) is 23.1 Å². The molecular weight excluding hydrogens is 222 g/mol. The molecule has 0 radical (unpaired) electrons. The van der Waals surface area contributed by atoms with E-state index < -0.39 is 18.5 Å². The van der Waals surface area contributed by atoms with Crippen LogP contribution in [0.3, 0.4) is 0 Å². The molecule has 1 aromatic rings. The van der Waals surface area contributed by atoms with E-state index in [9.17, 15) is 13.6 Å². The molecule has 0 aliphatic carbocycles. The zero-order valence-electron chi connectivity index (χ0n) is 8.70. The number of rotatable bonds is 4. The summed E-state index contributed by atoms with van der Waals surface area (Å²) in [5, 5.41) is 8.60. The Labute approximate surface area is 90.1 Å². The fourth-order valence-corrected chi connectivity index (χ4v) is 0.910. The highest BCUT2D eigenvalue weighted by Gasteiger charge is 2.23. The Bertz CT molecular complexity index is 404. The van der Waals surface area contributed by atoms with Crippen molar-refractivity contribution in [3.05, 3.63) is 17.6 Å². The Kier molecular flexibility index (Phi) is 3.36. The van der Waals surface area contributed by atoms with Crippen molar-refractivity contribution in [2.75, 3.05) is 6.61 Å². The summed E-state index contributed by atoms with van der Waals surface area (Å²) in [5.41, 5.74) is -0.0998. The van der Waals surface area contributed by atoms with E-state index in [-0.39, 0.29) is 17.3 Å². The van der Waals surface area contributed by atoms with Crippen LogP contribution < -0.4 is 4.74 Å². The number of aromatic carboxylic acids is 1. The second-order valence-electron chi connectivity index (χ2n) is 3.31. The molecule has 1 heterocycles. The molecule has 0 fully saturated rings. The minimum atomic E-state index is -2.97. The van der Waals surface area contributed by atoms with Gasteiger partial charge in [0.2, 0.25) is 5.88 Å². The Morgan fingerprint density at radius 1 is 1.62 bits per heavy atom. The average molecular weight is 232 g/mol. The van der Waals surface area contributed by atoms with Crippen molar-refractivity contribution in [2.45, 2.75) is 19.8 Å². The van der Waals surface area contributed by atoms with Gasteiger partial charge in [-0.15, -0.1) is 0 Å². The predicted molar refractivity (Wildman–Crippen MR) is 49.8 cm³/mol. The molecule has 0 aromatic carbocycles. The maximum absolute atomic E-state index is 12.5. The van der Waals surface area contributed by atoms with Gasteiger partial charge in [0.05, 0.1) is 6.20 Å². The van der Waals surface area contributed by atoms with Gasteiger partial charge in [0, 0.05) is 6.92 Å². The van der Waals surface area contributed by atoms with Crippen LogP contribution in [0.25, 0.3) is 0 Å². The highest BCUT2D eigenvalue weighted by Crippen LogP contribution is 2.17. The number of hydrogen-bond acceptors (Lipinski definition) is 4. The van der Waals surface area contributed by atoms with Crippen molar-refractivity contribution in [1.82, 2.24) is 9.97 Å². The van der Waals surface area contributed by atoms with E-state index in [4.69, 9.17) is 9.84 Å². The highest BCUT2D eigenvalue weighted by atomic mass is 19.3. The number of carboxylic acids is 1. The SMILES string of the molecule is Cc1nc(C(=O)O)cnc1OCC(C)(F)F. The van der Waals surface area contributed by atoms with Gasteiger partial charge in [0.1, 0.15) is 5.69 Å². The second-order valence-corrected chi connectivity index (χ2v) is 3.31. The van der Waals surface area contributed by atoms with Crippen molar-refractivity contribution in [1.29, 1.82) is 0 Å². The lowest BCUT2D eigenvalue weighted by molar-refractivity contribution is -0.0245. The largest absolute Gasteiger partial charge is 0.476 e. The molecule has 7 heteroatoms. The van der Waals surface area contributed by atoms with Gasteiger partial charge < -0.3 is 9.84 Å². The average Bonchev–Trinajstić information content (AvgIpc) is 2.14. The number of carbonyl (C=O) groups is 1. The summed E-state index contributed by atoms with van der Waals surface area (Å²) in [4.78, 5) is 17.8. The number of aromatic nitrogens is 2. The Morgan fingerprint density at radius 3 is 2.69 bits per heavy atom. The standard InChI is InChI=1S/C9H10F2N2O3/c1-5-7(16-4-9(2,10)11)12-3-6(13-5)8(14)15/h3H,4H2,1-2H3,(H,14,15). The summed E-state index contributed by atoms with van der Waals surface area (Å²) in [7, 11) is 0. The second kappa shape index (κ2) is 4.38. The van der Waals surface area contributed by atoms with E-state index in [0.717, 1.165) is 6.20 Å². The number of halogens is 2. The Hall–Kier alpha value is -1.79. The van der Waals surface area contributed by atoms with E-state index in [1.807, 2.05) is 0 Å². The molecule has 0 atom stereocenters. The Morgan fingerprint density at radius 2 is 2.25 bits per heavy atom. The van der Waals surface area contributed by atoms with Gasteiger partial charge in [0.15, 0.2) is 12.3 Å². The van der Waals surface area contributed by atoms with Gasteiger partial charge in [-0.3, -0.25) is 0 Å². The summed E-state index contributed by atoms with van der Waals surface area (Å²) in [5.74, 6) is -4.30. The molecule has 88 valence electrons. The normalized spacial score (nSPS) is 11.2. The van der Waals surface area contributed by atoms with Gasteiger partial charge in [-0.2, -0.15) is 0 Å². The number of ether oxygens (including phenoxy) is 1. The molecule has 0 saturated heterocycles.